The maximum Gasteiger partial charge on any atom is 0.0494 e. The van der Waals surface area contributed by atoms with E-state index in [4.69, 9.17) is 0 Å². The Labute approximate surface area is 174 Å². The third-order valence-electron chi connectivity index (χ3n) is 7.26. The molecule has 0 bridgehead atoms. The monoisotopic (exact) mass is 379 g/mol. The lowest BCUT2D eigenvalue weighted by atomic mass is 9.73. The van der Waals surface area contributed by atoms with Crippen molar-refractivity contribution in [2.45, 2.75) is 45.6 Å². The number of fused-ring (bicyclic) bond motifs is 4. The summed E-state index contributed by atoms with van der Waals surface area (Å²) in [5.41, 5.74) is 9.68. The maximum absolute atomic E-state index is 4.05. The lowest BCUT2D eigenvalue weighted by Gasteiger charge is -2.30. The molecular weight excluding hydrogens is 350 g/mol. The molecule has 0 N–H and O–H groups in total. The van der Waals surface area contributed by atoms with Gasteiger partial charge < -0.3 is 4.57 Å². The van der Waals surface area contributed by atoms with Gasteiger partial charge in [0.2, 0.25) is 0 Å². The van der Waals surface area contributed by atoms with Gasteiger partial charge in [-0.2, -0.15) is 0 Å². The fourth-order valence-corrected chi connectivity index (χ4v) is 5.88. The third-order valence-corrected chi connectivity index (χ3v) is 7.26. The van der Waals surface area contributed by atoms with E-state index in [1.54, 1.807) is 0 Å². The molecule has 0 saturated carbocycles. The van der Waals surface area contributed by atoms with Crippen LogP contribution in [0.1, 0.15) is 49.1 Å². The summed E-state index contributed by atoms with van der Waals surface area (Å²) in [5.74, 6) is 1.02. The van der Waals surface area contributed by atoms with E-state index in [1.165, 1.54) is 44.4 Å². The first kappa shape index (κ1) is 18.2. The third kappa shape index (κ3) is 2.40. The van der Waals surface area contributed by atoms with Gasteiger partial charge in [-0.3, -0.25) is 0 Å². The van der Waals surface area contributed by atoms with Gasteiger partial charge in [-0.25, -0.2) is 0 Å². The van der Waals surface area contributed by atoms with Gasteiger partial charge in [0.05, 0.1) is 0 Å². The Morgan fingerprint density at radius 3 is 2.66 bits per heavy atom. The molecule has 0 amide bonds. The number of aromatic nitrogens is 1. The largest absolute Gasteiger partial charge is 0.341 e. The number of allylic oxidation sites excluding steroid dienone is 4. The SMILES string of the molecule is C=Cc1c(C)c2ccc(-c3cccc4c3C(C)(C)C3C=CC=CC43)cc2n1CC. The standard InChI is InChI=1S/C28H29N/c1-6-25-18(3)20-16-15-19(17-26(20)29(25)7-2)21-12-10-13-23-22-11-8-9-14-24(22)28(4,5)27(21)23/h6,8-17,22,24H,1,7H2,2-5H3. The van der Waals surface area contributed by atoms with E-state index in [-0.39, 0.29) is 5.41 Å². The van der Waals surface area contributed by atoms with Crippen molar-refractivity contribution in [2.75, 3.05) is 0 Å². The fourth-order valence-electron chi connectivity index (χ4n) is 5.88. The number of hydrogen-bond donors (Lipinski definition) is 0. The second kappa shape index (κ2) is 6.35. The van der Waals surface area contributed by atoms with E-state index in [0.29, 0.717) is 11.8 Å². The summed E-state index contributed by atoms with van der Waals surface area (Å²) in [6.07, 6.45) is 11.2. The van der Waals surface area contributed by atoms with Crippen molar-refractivity contribution in [1.29, 1.82) is 0 Å². The highest BCUT2D eigenvalue weighted by Gasteiger charge is 2.45. The molecule has 2 aromatic carbocycles. The number of hydrogen-bond acceptors (Lipinski definition) is 0. The van der Waals surface area contributed by atoms with Crippen molar-refractivity contribution in [2.24, 2.45) is 5.92 Å². The molecule has 0 aliphatic heterocycles. The molecule has 2 aliphatic carbocycles. The van der Waals surface area contributed by atoms with Crippen LogP contribution >= 0.6 is 0 Å². The Hall–Kier alpha value is -2.80. The summed E-state index contributed by atoms with van der Waals surface area (Å²) < 4.78 is 2.39. The fraction of sp³-hybridized carbons (Fsp3) is 0.286. The van der Waals surface area contributed by atoms with Crippen molar-refractivity contribution >= 4 is 17.0 Å². The number of rotatable bonds is 3. The van der Waals surface area contributed by atoms with Crippen molar-refractivity contribution in [3.8, 4) is 11.1 Å². The lowest BCUT2D eigenvalue weighted by Crippen LogP contribution is -2.25. The second-order valence-electron chi connectivity index (χ2n) is 9.00. The average Bonchev–Trinajstić information content (AvgIpc) is 3.16. The summed E-state index contributed by atoms with van der Waals surface area (Å²) in [7, 11) is 0. The molecule has 1 aromatic heterocycles. The van der Waals surface area contributed by atoms with Gasteiger partial charge in [-0.05, 0) is 65.1 Å². The van der Waals surface area contributed by atoms with Crippen molar-refractivity contribution in [3.05, 3.63) is 89.7 Å². The molecule has 1 nitrogen and oxygen atoms in total. The Morgan fingerprint density at radius 1 is 1.10 bits per heavy atom. The van der Waals surface area contributed by atoms with Crippen LogP contribution < -0.4 is 0 Å². The Balaban J connectivity index is 1.76. The molecule has 29 heavy (non-hydrogen) atoms. The molecule has 3 aromatic rings. The minimum atomic E-state index is 0.113. The molecular formula is C28H29N. The molecule has 2 atom stereocenters. The Morgan fingerprint density at radius 2 is 1.90 bits per heavy atom. The average molecular weight is 380 g/mol. The minimum absolute atomic E-state index is 0.113. The highest BCUT2D eigenvalue weighted by molar-refractivity contribution is 5.92. The lowest BCUT2D eigenvalue weighted by molar-refractivity contribution is 0.395. The molecule has 1 heteroatoms. The normalized spacial score (nSPS) is 21.4. The van der Waals surface area contributed by atoms with Gasteiger partial charge in [0.25, 0.3) is 0 Å². The highest BCUT2D eigenvalue weighted by Crippen LogP contribution is 2.55. The van der Waals surface area contributed by atoms with Crippen LogP contribution in [0.2, 0.25) is 0 Å². The van der Waals surface area contributed by atoms with Gasteiger partial charge >= 0.3 is 0 Å². The first-order valence-corrected chi connectivity index (χ1v) is 10.7. The van der Waals surface area contributed by atoms with Crippen LogP contribution in [0.4, 0.5) is 0 Å². The second-order valence-corrected chi connectivity index (χ2v) is 9.00. The van der Waals surface area contributed by atoms with Crippen LogP contribution in [0.5, 0.6) is 0 Å². The summed E-state index contributed by atoms with van der Waals surface area (Å²) >= 11 is 0. The topological polar surface area (TPSA) is 4.93 Å². The van der Waals surface area contributed by atoms with Crippen molar-refractivity contribution in [1.82, 2.24) is 4.57 Å². The van der Waals surface area contributed by atoms with Crippen LogP contribution in [-0.4, -0.2) is 4.57 Å². The zero-order valence-electron chi connectivity index (χ0n) is 17.9. The number of nitrogens with zero attached hydrogens (tertiary/aromatic N) is 1. The van der Waals surface area contributed by atoms with Crippen molar-refractivity contribution < 1.29 is 0 Å². The van der Waals surface area contributed by atoms with E-state index in [2.05, 4.69) is 99.5 Å². The zero-order chi connectivity index (χ0) is 20.3. The molecule has 0 saturated heterocycles. The maximum atomic E-state index is 4.05. The molecule has 146 valence electrons. The van der Waals surface area contributed by atoms with E-state index < -0.39 is 0 Å². The van der Waals surface area contributed by atoms with Crippen LogP contribution in [0.25, 0.3) is 28.1 Å². The summed E-state index contributed by atoms with van der Waals surface area (Å²) in [6, 6.07) is 13.9. The van der Waals surface area contributed by atoms with E-state index >= 15 is 0 Å². The van der Waals surface area contributed by atoms with E-state index in [9.17, 15) is 0 Å². The summed E-state index contributed by atoms with van der Waals surface area (Å²) in [4.78, 5) is 0. The highest BCUT2D eigenvalue weighted by atomic mass is 15.0. The van der Waals surface area contributed by atoms with Crippen molar-refractivity contribution in [3.63, 3.8) is 0 Å². The quantitative estimate of drug-likeness (QED) is 0.447. The van der Waals surface area contributed by atoms with Gasteiger partial charge in [0, 0.05) is 29.1 Å². The predicted octanol–water partition coefficient (Wildman–Crippen LogP) is 7.40. The number of benzene rings is 2. The zero-order valence-corrected chi connectivity index (χ0v) is 17.9. The Bertz CT molecular complexity index is 1200. The predicted molar refractivity (Wildman–Crippen MR) is 125 cm³/mol. The molecule has 2 unspecified atom stereocenters. The minimum Gasteiger partial charge on any atom is -0.341 e. The molecule has 0 radical (unpaired) electrons. The number of aryl methyl sites for hydroxylation is 2. The molecule has 2 aliphatic rings. The summed E-state index contributed by atoms with van der Waals surface area (Å²) in [5, 5.41) is 1.33. The van der Waals surface area contributed by atoms with Crippen LogP contribution in [0.15, 0.2) is 67.3 Å². The van der Waals surface area contributed by atoms with Crippen LogP contribution in [0.3, 0.4) is 0 Å². The molecule has 0 spiro atoms. The first-order valence-electron chi connectivity index (χ1n) is 10.7. The van der Waals surface area contributed by atoms with Gasteiger partial charge in [0.1, 0.15) is 0 Å². The van der Waals surface area contributed by atoms with Gasteiger partial charge in [-0.15, -0.1) is 0 Å². The van der Waals surface area contributed by atoms with E-state index in [1.807, 2.05) is 6.08 Å². The summed E-state index contributed by atoms with van der Waals surface area (Å²) in [6.45, 7) is 14.2. The van der Waals surface area contributed by atoms with E-state index in [0.717, 1.165) is 6.54 Å². The Kier molecular flexibility index (Phi) is 4.00. The molecule has 0 fully saturated rings. The molecule has 1 heterocycles. The van der Waals surface area contributed by atoms with Gasteiger partial charge in [0.15, 0.2) is 0 Å². The smallest absolute Gasteiger partial charge is 0.0494 e. The van der Waals surface area contributed by atoms with Crippen LogP contribution in [-0.2, 0) is 12.0 Å². The first-order chi connectivity index (χ1) is 14.0. The molecule has 5 rings (SSSR count). The van der Waals surface area contributed by atoms with Gasteiger partial charge in [-0.1, -0.05) is 75.1 Å². The van der Waals surface area contributed by atoms with Crippen LogP contribution in [0, 0.1) is 12.8 Å².